The lowest BCUT2D eigenvalue weighted by Gasteiger charge is -2.58. The maximum atomic E-state index is 12.2. The number of carbonyl (C=O) groups is 2. The van der Waals surface area contributed by atoms with Gasteiger partial charge in [-0.05, 0) is 18.8 Å². The first-order valence-corrected chi connectivity index (χ1v) is 7.74. The molecule has 2 N–H and O–H groups in total. The zero-order chi connectivity index (χ0) is 16.4. The van der Waals surface area contributed by atoms with Crippen LogP contribution in [0.1, 0.15) is 54.4 Å². The van der Waals surface area contributed by atoms with E-state index >= 15 is 0 Å². The normalized spacial score (nSPS) is 28.8. The Bertz CT molecular complexity index is 405. The lowest BCUT2D eigenvalue weighted by Crippen LogP contribution is -2.76. The Morgan fingerprint density at radius 2 is 1.90 bits per heavy atom. The Labute approximate surface area is 127 Å². The number of carboxylic acids is 1. The molecule has 0 saturated heterocycles. The average molecular weight is 299 g/mol. The zero-order valence-corrected chi connectivity index (χ0v) is 14.0. The average Bonchev–Trinajstić information content (AvgIpc) is 2.36. The summed E-state index contributed by atoms with van der Waals surface area (Å²) >= 11 is 0. The van der Waals surface area contributed by atoms with E-state index < -0.39 is 16.9 Å². The fourth-order valence-electron chi connectivity index (χ4n) is 2.85. The van der Waals surface area contributed by atoms with Crippen molar-refractivity contribution in [3.63, 3.8) is 0 Å². The van der Waals surface area contributed by atoms with Crippen LogP contribution in [0, 0.1) is 17.3 Å². The van der Waals surface area contributed by atoms with Crippen LogP contribution in [-0.2, 0) is 14.3 Å². The van der Waals surface area contributed by atoms with Crippen LogP contribution < -0.4 is 5.32 Å². The lowest BCUT2D eigenvalue weighted by molar-refractivity contribution is -0.194. The number of amides is 1. The van der Waals surface area contributed by atoms with E-state index in [0.717, 1.165) is 0 Å². The number of rotatable bonds is 7. The van der Waals surface area contributed by atoms with Gasteiger partial charge in [-0.25, -0.2) is 4.79 Å². The molecule has 1 fully saturated rings. The molecule has 0 heterocycles. The number of carbonyl (C=O) groups excluding carboxylic acids is 1. The molecule has 3 unspecified atom stereocenters. The summed E-state index contributed by atoms with van der Waals surface area (Å²) in [5, 5.41) is 12.4. The summed E-state index contributed by atoms with van der Waals surface area (Å²) in [5.41, 5.74) is -1.84. The minimum absolute atomic E-state index is 0.138. The molecule has 1 rings (SSSR count). The number of ether oxygens (including phenoxy) is 1. The van der Waals surface area contributed by atoms with Gasteiger partial charge in [0.25, 0.3) is 0 Å². The molecule has 5 nitrogen and oxygen atoms in total. The van der Waals surface area contributed by atoms with E-state index in [4.69, 9.17) is 4.74 Å². The maximum absolute atomic E-state index is 12.2. The van der Waals surface area contributed by atoms with Crippen molar-refractivity contribution in [2.75, 3.05) is 6.61 Å². The maximum Gasteiger partial charge on any atom is 0.330 e. The fraction of sp³-hybridized carbons (Fsp3) is 0.875. The lowest BCUT2D eigenvalue weighted by atomic mass is 9.54. The summed E-state index contributed by atoms with van der Waals surface area (Å²) < 4.78 is 5.58. The predicted octanol–water partition coefficient (Wildman–Crippen LogP) is 2.44. The van der Waals surface area contributed by atoms with E-state index in [1.54, 1.807) is 0 Å². The summed E-state index contributed by atoms with van der Waals surface area (Å²) in [6.45, 7) is 12.2. The Morgan fingerprint density at radius 1 is 1.33 bits per heavy atom. The van der Waals surface area contributed by atoms with Crippen molar-refractivity contribution in [1.29, 1.82) is 0 Å². The Morgan fingerprint density at radius 3 is 2.29 bits per heavy atom. The van der Waals surface area contributed by atoms with Gasteiger partial charge in [-0.15, -0.1) is 0 Å². The van der Waals surface area contributed by atoms with Gasteiger partial charge in [0.1, 0.15) is 5.54 Å². The van der Waals surface area contributed by atoms with E-state index in [1.165, 1.54) is 0 Å². The molecule has 1 aliphatic carbocycles. The zero-order valence-electron chi connectivity index (χ0n) is 14.0. The molecule has 122 valence electrons. The first kappa shape index (κ1) is 18.0. The highest BCUT2D eigenvalue weighted by Crippen LogP contribution is 2.51. The van der Waals surface area contributed by atoms with Crippen LogP contribution in [0.3, 0.4) is 0 Å². The number of aliphatic carboxylic acids is 1. The van der Waals surface area contributed by atoms with Gasteiger partial charge >= 0.3 is 5.97 Å². The standard InChI is InChI=1S/C16H29NO4/c1-7-21-12-9-16(14(19)20,15(12,5)6)17-13(18)8-11(4)10(2)3/h10-12H,7-9H2,1-6H3,(H,17,18)(H,19,20). The molecule has 1 amide bonds. The molecular formula is C16H29NO4. The SMILES string of the molecule is CCOC1CC(NC(=O)CC(C)C(C)C)(C(=O)O)C1(C)C. The summed E-state index contributed by atoms with van der Waals surface area (Å²) in [6.07, 6.45) is 0.536. The van der Waals surface area contributed by atoms with E-state index in [9.17, 15) is 14.7 Å². The highest BCUT2D eigenvalue weighted by Gasteiger charge is 2.66. The van der Waals surface area contributed by atoms with Crippen LogP contribution in [0.15, 0.2) is 0 Å². The van der Waals surface area contributed by atoms with Gasteiger partial charge in [0, 0.05) is 24.9 Å². The Kier molecular flexibility index (Phi) is 5.42. The Hall–Kier alpha value is -1.10. The Balaban J connectivity index is 2.81. The molecule has 0 radical (unpaired) electrons. The van der Waals surface area contributed by atoms with E-state index in [-0.39, 0.29) is 17.9 Å². The molecule has 0 aromatic heterocycles. The van der Waals surface area contributed by atoms with Crippen LogP contribution in [0.25, 0.3) is 0 Å². The van der Waals surface area contributed by atoms with Gasteiger partial charge in [-0.2, -0.15) is 0 Å². The molecule has 1 saturated carbocycles. The third kappa shape index (κ3) is 3.23. The van der Waals surface area contributed by atoms with Crippen molar-refractivity contribution >= 4 is 11.9 Å². The molecule has 0 aliphatic heterocycles. The third-order valence-electron chi connectivity index (χ3n) is 5.13. The molecule has 0 aromatic carbocycles. The number of hydrogen-bond acceptors (Lipinski definition) is 3. The van der Waals surface area contributed by atoms with Crippen molar-refractivity contribution in [3.8, 4) is 0 Å². The van der Waals surface area contributed by atoms with Crippen LogP contribution in [0.5, 0.6) is 0 Å². The molecule has 1 aliphatic rings. The van der Waals surface area contributed by atoms with Gasteiger partial charge in [0.2, 0.25) is 5.91 Å². The van der Waals surface area contributed by atoms with Crippen LogP contribution >= 0.6 is 0 Å². The molecular weight excluding hydrogens is 270 g/mol. The van der Waals surface area contributed by atoms with Gasteiger partial charge in [0.05, 0.1) is 6.10 Å². The van der Waals surface area contributed by atoms with E-state index in [0.29, 0.717) is 25.4 Å². The second kappa shape index (κ2) is 6.34. The highest BCUT2D eigenvalue weighted by molar-refractivity contribution is 5.89. The second-order valence-corrected chi connectivity index (χ2v) is 7.05. The van der Waals surface area contributed by atoms with Crippen LogP contribution in [-0.4, -0.2) is 35.2 Å². The topological polar surface area (TPSA) is 75.6 Å². The smallest absolute Gasteiger partial charge is 0.330 e. The van der Waals surface area contributed by atoms with Crippen molar-refractivity contribution in [2.45, 2.75) is 66.0 Å². The molecule has 0 bridgehead atoms. The first-order valence-electron chi connectivity index (χ1n) is 7.74. The van der Waals surface area contributed by atoms with Crippen molar-refractivity contribution in [3.05, 3.63) is 0 Å². The molecule has 21 heavy (non-hydrogen) atoms. The van der Waals surface area contributed by atoms with Crippen molar-refractivity contribution in [1.82, 2.24) is 5.32 Å². The molecule has 5 heteroatoms. The van der Waals surface area contributed by atoms with Crippen LogP contribution in [0.2, 0.25) is 0 Å². The first-order chi connectivity index (χ1) is 9.58. The summed E-state index contributed by atoms with van der Waals surface area (Å²) in [6, 6.07) is 0. The van der Waals surface area contributed by atoms with Crippen LogP contribution in [0.4, 0.5) is 0 Å². The minimum atomic E-state index is -1.22. The molecule has 0 aromatic rings. The molecule has 3 atom stereocenters. The third-order valence-corrected chi connectivity index (χ3v) is 5.13. The highest BCUT2D eigenvalue weighted by atomic mass is 16.5. The van der Waals surface area contributed by atoms with Crippen molar-refractivity contribution < 1.29 is 19.4 Å². The fourth-order valence-corrected chi connectivity index (χ4v) is 2.85. The van der Waals surface area contributed by atoms with E-state index in [2.05, 4.69) is 19.2 Å². The van der Waals surface area contributed by atoms with Gasteiger partial charge in [-0.1, -0.05) is 34.6 Å². The summed E-state index contributed by atoms with van der Waals surface area (Å²) in [7, 11) is 0. The monoisotopic (exact) mass is 299 g/mol. The summed E-state index contributed by atoms with van der Waals surface area (Å²) in [4.78, 5) is 24.0. The largest absolute Gasteiger partial charge is 0.479 e. The number of carboxylic acid groups (broad SMARTS) is 1. The van der Waals surface area contributed by atoms with E-state index in [1.807, 2.05) is 27.7 Å². The number of hydrogen-bond donors (Lipinski definition) is 2. The van der Waals surface area contributed by atoms with Crippen molar-refractivity contribution in [2.24, 2.45) is 17.3 Å². The second-order valence-electron chi connectivity index (χ2n) is 7.05. The van der Waals surface area contributed by atoms with Gasteiger partial charge in [0.15, 0.2) is 0 Å². The predicted molar refractivity (Wildman–Crippen MR) is 80.9 cm³/mol. The minimum Gasteiger partial charge on any atom is -0.479 e. The van der Waals surface area contributed by atoms with Gasteiger partial charge in [-0.3, -0.25) is 4.79 Å². The summed E-state index contributed by atoms with van der Waals surface area (Å²) in [5.74, 6) is -0.556. The quantitative estimate of drug-likeness (QED) is 0.757. The molecule has 0 spiro atoms. The van der Waals surface area contributed by atoms with Gasteiger partial charge < -0.3 is 15.2 Å². The number of nitrogens with one attached hydrogen (secondary N) is 1.